The molecular weight excluding hydrogens is 270 g/mol. The van der Waals surface area contributed by atoms with Crippen LogP contribution in [0.3, 0.4) is 0 Å². The van der Waals surface area contributed by atoms with Crippen LogP contribution in [-0.2, 0) is 0 Å². The summed E-state index contributed by atoms with van der Waals surface area (Å²) in [5.74, 6) is 0.771. The Morgan fingerprint density at radius 1 is 1.14 bits per heavy atom. The van der Waals surface area contributed by atoms with Crippen molar-refractivity contribution in [2.24, 2.45) is 5.92 Å². The van der Waals surface area contributed by atoms with Crippen molar-refractivity contribution >= 4 is 5.69 Å². The Kier molecular flexibility index (Phi) is 5.04. The van der Waals surface area contributed by atoms with Gasteiger partial charge in [-0.15, -0.1) is 0 Å². The van der Waals surface area contributed by atoms with E-state index < -0.39 is 0 Å². The Hall–Kier alpha value is -1.06. The van der Waals surface area contributed by atoms with Gasteiger partial charge in [-0.3, -0.25) is 0 Å². The number of piperidine rings is 1. The molecule has 0 aromatic heterocycles. The molecule has 0 aliphatic carbocycles. The van der Waals surface area contributed by atoms with Gasteiger partial charge in [0.1, 0.15) is 0 Å². The van der Waals surface area contributed by atoms with Crippen molar-refractivity contribution in [3.63, 3.8) is 0 Å². The van der Waals surface area contributed by atoms with Crippen molar-refractivity contribution in [2.75, 3.05) is 45.2 Å². The van der Waals surface area contributed by atoms with Crippen LogP contribution in [0.2, 0.25) is 0 Å². The number of hydrogen-bond donors (Lipinski definition) is 1. The van der Waals surface area contributed by atoms with Crippen LogP contribution in [0.25, 0.3) is 0 Å². The molecular formula is C19H31N3. The molecule has 1 aromatic carbocycles. The lowest BCUT2D eigenvalue weighted by Crippen LogP contribution is -2.36. The summed E-state index contributed by atoms with van der Waals surface area (Å²) in [6.07, 6.45) is 5.26. The first-order valence-electron chi connectivity index (χ1n) is 8.89. The number of nitrogens with zero attached hydrogens (tertiary/aromatic N) is 2. The standard InChI is InChI=1S/C19H31N3/c1-15-14-17(22-12-4-5-13-22)6-7-18(15)19(21(2)3)16-8-10-20-11-9-16/h6-7,14,16,19-20H,4-5,8-13H2,1-3H3. The molecule has 2 aliphatic rings. The van der Waals surface area contributed by atoms with Crippen molar-refractivity contribution in [1.29, 1.82) is 0 Å². The van der Waals surface area contributed by atoms with Crippen LogP contribution in [0, 0.1) is 12.8 Å². The summed E-state index contributed by atoms with van der Waals surface area (Å²) in [5, 5.41) is 3.50. The van der Waals surface area contributed by atoms with E-state index >= 15 is 0 Å². The van der Waals surface area contributed by atoms with E-state index in [1.807, 2.05) is 0 Å². The predicted molar refractivity (Wildman–Crippen MR) is 94.6 cm³/mol. The van der Waals surface area contributed by atoms with Crippen LogP contribution < -0.4 is 10.2 Å². The predicted octanol–water partition coefficient (Wildman–Crippen LogP) is 3.20. The van der Waals surface area contributed by atoms with Gasteiger partial charge in [-0.2, -0.15) is 0 Å². The van der Waals surface area contributed by atoms with E-state index in [4.69, 9.17) is 0 Å². The molecule has 3 nitrogen and oxygen atoms in total. The van der Waals surface area contributed by atoms with E-state index in [9.17, 15) is 0 Å². The largest absolute Gasteiger partial charge is 0.372 e. The maximum absolute atomic E-state index is 3.50. The Labute approximate surface area is 135 Å². The van der Waals surface area contributed by atoms with Gasteiger partial charge < -0.3 is 15.1 Å². The lowest BCUT2D eigenvalue weighted by atomic mass is 9.83. The molecule has 1 unspecified atom stereocenters. The van der Waals surface area contributed by atoms with Gasteiger partial charge in [0.25, 0.3) is 0 Å². The van der Waals surface area contributed by atoms with E-state index in [0.717, 1.165) is 5.92 Å². The lowest BCUT2D eigenvalue weighted by Gasteiger charge is -2.36. The van der Waals surface area contributed by atoms with Crippen LogP contribution in [0.5, 0.6) is 0 Å². The quantitative estimate of drug-likeness (QED) is 0.921. The zero-order valence-corrected chi connectivity index (χ0v) is 14.4. The third kappa shape index (κ3) is 3.31. The highest BCUT2D eigenvalue weighted by Gasteiger charge is 2.28. The van der Waals surface area contributed by atoms with Crippen LogP contribution in [0.1, 0.15) is 42.9 Å². The van der Waals surface area contributed by atoms with E-state index in [-0.39, 0.29) is 0 Å². The van der Waals surface area contributed by atoms with Crippen LogP contribution >= 0.6 is 0 Å². The molecule has 2 saturated heterocycles. The number of anilines is 1. The third-order valence-electron chi connectivity index (χ3n) is 5.43. The molecule has 22 heavy (non-hydrogen) atoms. The second-order valence-corrected chi connectivity index (χ2v) is 7.23. The first-order valence-corrected chi connectivity index (χ1v) is 8.89. The molecule has 1 N–H and O–H groups in total. The van der Waals surface area contributed by atoms with Crippen molar-refractivity contribution in [3.8, 4) is 0 Å². The molecule has 2 fully saturated rings. The fraction of sp³-hybridized carbons (Fsp3) is 0.684. The minimum Gasteiger partial charge on any atom is -0.372 e. The number of benzene rings is 1. The topological polar surface area (TPSA) is 18.5 Å². The summed E-state index contributed by atoms with van der Waals surface area (Å²) in [6, 6.07) is 7.72. The van der Waals surface area contributed by atoms with Crippen molar-refractivity contribution < 1.29 is 0 Å². The van der Waals surface area contributed by atoms with Crippen molar-refractivity contribution in [3.05, 3.63) is 29.3 Å². The van der Waals surface area contributed by atoms with Gasteiger partial charge in [0.15, 0.2) is 0 Å². The van der Waals surface area contributed by atoms with Crippen LogP contribution in [-0.4, -0.2) is 45.2 Å². The van der Waals surface area contributed by atoms with Gasteiger partial charge in [0.2, 0.25) is 0 Å². The molecule has 0 radical (unpaired) electrons. The van der Waals surface area contributed by atoms with Crippen LogP contribution in [0.4, 0.5) is 5.69 Å². The number of nitrogens with one attached hydrogen (secondary N) is 1. The highest BCUT2D eigenvalue weighted by molar-refractivity contribution is 5.52. The maximum atomic E-state index is 3.50. The first-order chi connectivity index (χ1) is 10.7. The molecule has 0 amide bonds. The van der Waals surface area contributed by atoms with E-state index in [1.165, 1.54) is 68.7 Å². The Morgan fingerprint density at radius 2 is 1.82 bits per heavy atom. The van der Waals surface area contributed by atoms with Gasteiger partial charge in [-0.1, -0.05) is 6.07 Å². The zero-order valence-electron chi connectivity index (χ0n) is 14.4. The second-order valence-electron chi connectivity index (χ2n) is 7.23. The SMILES string of the molecule is Cc1cc(N2CCCC2)ccc1C(C1CCNCC1)N(C)C. The number of hydrogen-bond acceptors (Lipinski definition) is 3. The van der Waals surface area contributed by atoms with Gasteiger partial charge in [-0.25, -0.2) is 0 Å². The fourth-order valence-electron chi connectivity index (χ4n) is 4.28. The summed E-state index contributed by atoms with van der Waals surface area (Å²) in [6.45, 7) is 7.08. The molecule has 0 spiro atoms. The minimum absolute atomic E-state index is 0.551. The van der Waals surface area contributed by atoms with E-state index in [1.54, 1.807) is 0 Å². The normalized spacial score (nSPS) is 21.5. The molecule has 2 heterocycles. The monoisotopic (exact) mass is 301 g/mol. The molecule has 0 bridgehead atoms. The number of aryl methyl sites for hydroxylation is 1. The summed E-state index contributed by atoms with van der Waals surface area (Å²) >= 11 is 0. The average molecular weight is 301 g/mol. The Bertz CT molecular complexity index is 485. The van der Waals surface area contributed by atoms with E-state index in [2.05, 4.69) is 54.3 Å². The van der Waals surface area contributed by atoms with Gasteiger partial charge in [0.05, 0.1) is 0 Å². The van der Waals surface area contributed by atoms with Crippen molar-refractivity contribution in [1.82, 2.24) is 10.2 Å². The Balaban J connectivity index is 1.84. The summed E-state index contributed by atoms with van der Waals surface area (Å²) < 4.78 is 0. The average Bonchev–Trinajstić information content (AvgIpc) is 3.04. The van der Waals surface area contributed by atoms with Gasteiger partial charge in [-0.05, 0) is 89.0 Å². The van der Waals surface area contributed by atoms with Gasteiger partial charge >= 0.3 is 0 Å². The Morgan fingerprint density at radius 3 is 2.41 bits per heavy atom. The second kappa shape index (κ2) is 7.01. The molecule has 122 valence electrons. The summed E-state index contributed by atoms with van der Waals surface area (Å²) in [4.78, 5) is 4.96. The highest BCUT2D eigenvalue weighted by atomic mass is 15.1. The molecule has 1 aromatic rings. The lowest BCUT2D eigenvalue weighted by molar-refractivity contribution is 0.177. The molecule has 0 saturated carbocycles. The molecule has 2 aliphatic heterocycles. The molecule has 3 heteroatoms. The molecule has 3 rings (SSSR count). The number of rotatable bonds is 4. The minimum atomic E-state index is 0.551. The summed E-state index contributed by atoms with van der Waals surface area (Å²) in [7, 11) is 4.47. The highest BCUT2D eigenvalue weighted by Crippen LogP contribution is 2.36. The van der Waals surface area contributed by atoms with Crippen molar-refractivity contribution in [2.45, 2.75) is 38.6 Å². The molecule has 1 atom stereocenters. The van der Waals surface area contributed by atoms with Crippen LogP contribution in [0.15, 0.2) is 18.2 Å². The zero-order chi connectivity index (χ0) is 15.5. The van der Waals surface area contributed by atoms with E-state index in [0.29, 0.717) is 6.04 Å². The van der Waals surface area contributed by atoms with Gasteiger partial charge in [0, 0.05) is 24.8 Å². The summed E-state index contributed by atoms with van der Waals surface area (Å²) in [5.41, 5.74) is 4.41. The maximum Gasteiger partial charge on any atom is 0.0373 e. The first kappa shape index (κ1) is 15.8. The third-order valence-corrected chi connectivity index (χ3v) is 5.43. The fourth-order valence-corrected chi connectivity index (χ4v) is 4.28. The smallest absolute Gasteiger partial charge is 0.0373 e.